The first-order valence-electron chi connectivity index (χ1n) is 6.66. The molecule has 0 fully saturated rings. The lowest BCUT2D eigenvalue weighted by atomic mass is 10.2. The van der Waals surface area contributed by atoms with Gasteiger partial charge < -0.3 is 20.0 Å². The fourth-order valence-electron chi connectivity index (χ4n) is 1.85. The maximum absolute atomic E-state index is 11.9. The van der Waals surface area contributed by atoms with Crippen LogP contribution >= 0.6 is 15.9 Å². The van der Waals surface area contributed by atoms with Crippen molar-refractivity contribution in [2.45, 2.75) is 0 Å². The second kappa shape index (κ2) is 8.19. The zero-order chi connectivity index (χ0) is 16.7. The lowest BCUT2D eigenvalue weighted by Crippen LogP contribution is -2.20. The smallest absolute Gasteiger partial charge is 0.262 e. The van der Waals surface area contributed by atoms with Gasteiger partial charge in [0.2, 0.25) is 0 Å². The number of para-hydroxylation sites is 1. The van der Waals surface area contributed by atoms with Crippen LogP contribution in [0.5, 0.6) is 11.5 Å². The van der Waals surface area contributed by atoms with Gasteiger partial charge in [0.25, 0.3) is 5.91 Å². The van der Waals surface area contributed by atoms with Crippen LogP contribution in [0.3, 0.4) is 0 Å². The van der Waals surface area contributed by atoms with E-state index in [0.717, 1.165) is 0 Å². The van der Waals surface area contributed by atoms with E-state index in [2.05, 4.69) is 26.4 Å². The van der Waals surface area contributed by atoms with E-state index in [1.54, 1.807) is 24.3 Å². The van der Waals surface area contributed by atoms with Crippen LogP contribution in [0.25, 0.3) is 0 Å². The summed E-state index contributed by atoms with van der Waals surface area (Å²) in [7, 11) is 1.49. The first-order chi connectivity index (χ1) is 11.1. The molecule has 1 amide bonds. The van der Waals surface area contributed by atoms with Crippen LogP contribution in [0.2, 0.25) is 0 Å². The largest absolute Gasteiger partial charge is 0.493 e. The minimum atomic E-state index is -0.282. The third-order valence-corrected chi connectivity index (χ3v) is 3.58. The van der Waals surface area contributed by atoms with E-state index in [9.17, 15) is 4.79 Å². The third-order valence-electron chi connectivity index (χ3n) is 2.90. The van der Waals surface area contributed by atoms with Gasteiger partial charge in [0, 0.05) is 15.7 Å². The maximum Gasteiger partial charge on any atom is 0.262 e. The number of benzene rings is 2. The van der Waals surface area contributed by atoms with Gasteiger partial charge in [-0.3, -0.25) is 4.79 Å². The lowest BCUT2D eigenvalue weighted by molar-refractivity contribution is -0.118. The van der Waals surface area contributed by atoms with Crippen LogP contribution in [0, 0.1) is 0 Å². The minimum Gasteiger partial charge on any atom is -0.493 e. The molecule has 2 aromatic rings. The Morgan fingerprint density at radius 3 is 2.70 bits per heavy atom. The van der Waals surface area contributed by atoms with Crippen molar-refractivity contribution in [2.24, 2.45) is 5.16 Å². The maximum atomic E-state index is 11.9. The Morgan fingerprint density at radius 2 is 2.04 bits per heavy atom. The normalized spacial score (nSPS) is 10.5. The summed E-state index contributed by atoms with van der Waals surface area (Å²) < 4.78 is 11.4. The van der Waals surface area contributed by atoms with Gasteiger partial charge >= 0.3 is 0 Å². The number of carbonyl (C=O) groups excluding carboxylic acids is 1. The van der Waals surface area contributed by atoms with Crippen LogP contribution in [-0.2, 0) is 4.79 Å². The van der Waals surface area contributed by atoms with E-state index in [1.165, 1.54) is 13.3 Å². The molecule has 0 saturated heterocycles. The van der Waals surface area contributed by atoms with Crippen molar-refractivity contribution in [3.63, 3.8) is 0 Å². The molecule has 120 valence electrons. The number of carbonyl (C=O) groups is 1. The fraction of sp³-hybridized carbons (Fsp3) is 0.125. The summed E-state index contributed by atoms with van der Waals surface area (Å²) in [6.45, 7) is -0.162. The van der Waals surface area contributed by atoms with Crippen molar-refractivity contribution >= 4 is 33.7 Å². The van der Waals surface area contributed by atoms with Crippen molar-refractivity contribution in [3.05, 3.63) is 52.5 Å². The molecule has 0 spiro atoms. The number of amides is 1. The predicted molar refractivity (Wildman–Crippen MR) is 90.6 cm³/mol. The molecule has 2 rings (SSSR count). The van der Waals surface area contributed by atoms with Gasteiger partial charge in [0.1, 0.15) is 0 Å². The van der Waals surface area contributed by atoms with Gasteiger partial charge in [-0.1, -0.05) is 23.4 Å². The van der Waals surface area contributed by atoms with Gasteiger partial charge in [-0.2, -0.15) is 0 Å². The Hall–Kier alpha value is -2.54. The van der Waals surface area contributed by atoms with E-state index >= 15 is 0 Å². The molecule has 0 aliphatic rings. The molecule has 0 heterocycles. The summed E-state index contributed by atoms with van der Waals surface area (Å²) in [5.74, 6) is 0.545. The van der Waals surface area contributed by atoms with Crippen LogP contribution < -0.4 is 14.8 Å². The van der Waals surface area contributed by atoms with Crippen molar-refractivity contribution in [1.82, 2.24) is 0 Å². The Kier molecular flexibility index (Phi) is 5.99. The molecule has 0 aromatic heterocycles. The highest BCUT2D eigenvalue weighted by atomic mass is 79.9. The summed E-state index contributed by atoms with van der Waals surface area (Å²) in [5.41, 5.74) is 1.31. The van der Waals surface area contributed by atoms with Crippen LogP contribution in [0.1, 0.15) is 5.56 Å². The highest BCUT2D eigenvalue weighted by molar-refractivity contribution is 9.10. The lowest BCUT2D eigenvalue weighted by Gasteiger charge is -2.12. The molecule has 0 radical (unpaired) electrons. The van der Waals surface area contributed by atoms with E-state index < -0.39 is 0 Å². The third kappa shape index (κ3) is 4.72. The number of anilines is 1. The van der Waals surface area contributed by atoms with E-state index in [0.29, 0.717) is 27.2 Å². The van der Waals surface area contributed by atoms with Gasteiger partial charge in [0.05, 0.1) is 13.3 Å². The van der Waals surface area contributed by atoms with Gasteiger partial charge in [-0.25, -0.2) is 0 Å². The molecule has 2 N–H and O–H groups in total. The zero-order valence-corrected chi connectivity index (χ0v) is 13.9. The molecule has 0 bridgehead atoms. The summed E-state index contributed by atoms with van der Waals surface area (Å²) in [6, 6.07) is 12.4. The van der Waals surface area contributed by atoms with Crippen molar-refractivity contribution in [1.29, 1.82) is 0 Å². The molecule has 7 heteroatoms. The Bertz CT molecular complexity index is 705. The molecule has 0 unspecified atom stereocenters. The number of hydrogen-bond donors (Lipinski definition) is 2. The number of nitrogens with zero attached hydrogens (tertiary/aromatic N) is 1. The Balaban J connectivity index is 2.05. The molecular weight excluding hydrogens is 364 g/mol. The molecule has 2 aromatic carbocycles. The molecule has 0 aliphatic carbocycles. The van der Waals surface area contributed by atoms with E-state index in [-0.39, 0.29) is 12.5 Å². The van der Waals surface area contributed by atoms with E-state index in [4.69, 9.17) is 14.7 Å². The van der Waals surface area contributed by atoms with Crippen LogP contribution in [0.4, 0.5) is 5.69 Å². The zero-order valence-electron chi connectivity index (χ0n) is 12.3. The number of rotatable bonds is 6. The number of ether oxygens (including phenoxy) is 2. The second-order valence-corrected chi connectivity index (χ2v) is 5.33. The molecule has 0 saturated carbocycles. The monoisotopic (exact) mass is 378 g/mol. The average molecular weight is 379 g/mol. The number of oxime groups is 1. The predicted octanol–water partition coefficient (Wildman–Crippen LogP) is 3.28. The first-order valence-corrected chi connectivity index (χ1v) is 7.46. The van der Waals surface area contributed by atoms with Crippen molar-refractivity contribution in [3.8, 4) is 11.5 Å². The summed E-state index contributed by atoms with van der Waals surface area (Å²) in [5, 5.41) is 14.3. The van der Waals surface area contributed by atoms with Crippen molar-refractivity contribution < 1.29 is 19.5 Å². The molecule has 23 heavy (non-hydrogen) atoms. The Morgan fingerprint density at radius 1 is 1.30 bits per heavy atom. The molecule has 6 nitrogen and oxygen atoms in total. The van der Waals surface area contributed by atoms with Gasteiger partial charge in [-0.15, -0.1) is 0 Å². The minimum absolute atomic E-state index is 0.162. The van der Waals surface area contributed by atoms with Gasteiger partial charge in [-0.05, 0) is 40.2 Å². The second-order valence-electron chi connectivity index (χ2n) is 4.47. The topological polar surface area (TPSA) is 80.2 Å². The quantitative estimate of drug-likeness (QED) is 0.459. The van der Waals surface area contributed by atoms with Crippen LogP contribution in [-0.4, -0.2) is 31.0 Å². The molecule has 0 atom stereocenters. The molecular formula is C16H15BrN2O4. The number of hydrogen-bond acceptors (Lipinski definition) is 5. The van der Waals surface area contributed by atoms with E-state index in [1.807, 2.05) is 18.2 Å². The van der Waals surface area contributed by atoms with Crippen molar-refractivity contribution in [2.75, 3.05) is 19.0 Å². The molecule has 0 aliphatic heterocycles. The summed E-state index contributed by atoms with van der Waals surface area (Å²) in [4.78, 5) is 11.9. The van der Waals surface area contributed by atoms with Crippen LogP contribution in [0.15, 0.2) is 52.1 Å². The summed E-state index contributed by atoms with van der Waals surface area (Å²) in [6.07, 6.45) is 1.26. The SMILES string of the molecule is COc1cc(/C=N\O)c(Br)cc1OCC(=O)Nc1ccccc1. The standard InChI is InChI=1S/C16H15BrN2O4/c1-22-14-7-11(9-18-21)13(17)8-15(14)23-10-16(20)19-12-5-3-2-4-6-12/h2-9,21H,10H2,1H3,(H,19,20)/b18-9-. The summed E-state index contributed by atoms with van der Waals surface area (Å²) >= 11 is 3.33. The average Bonchev–Trinajstić information content (AvgIpc) is 2.56. The number of halogens is 1. The number of methoxy groups -OCH3 is 1. The highest BCUT2D eigenvalue weighted by Gasteiger charge is 2.11. The van der Waals surface area contributed by atoms with Gasteiger partial charge in [0.15, 0.2) is 18.1 Å². The fourth-order valence-corrected chi connectivity index (χ4v) is 2.27. The number of nitrogens with one attached hydrogen (secondary N) is 1. The Labute approximate surface area is 141 Å². The first kappa shape index (κ1) is 16.8. The highest BCUT2D eigenvalue weighted by Crippen LogP contribution is 2.32.